The number of nitrogens with zero attached hydrogens (tertiary/aromatic N) is 1. The summed E-state index contributed by atoms with van der Waals surface area (Å²) in [7, 11) is 1.66. The second-order valence-electron chi connectivity index (χ2n) is 7.44. The van der Waals surface area contributed by atoms with Crippen LogP contribution in [0.2, 0.25) is 0 Å². The molecule has 29 heavy (non-hydrogen) atoms. The van der Waals surface area contributed by atoms with Gasteiger partial charge in [0.2, 0.25) is 5.91 Å². The highest BCUT2D eigenvalue weighted by molar-refractivity contribution is 5.90. The van der Waals surface area contributed by atoms with Crippen LogP contribution in [0.5, 0.6) is 5.75 Å². The van der Waals surface area contributed by atoms with E-state index in [1.807, 2.05) is 49.4 Å². The molecule has 1 aliphatic rings. The molecule has 0 radical (unpaired) electrons. The van der Waals surface area contributed by atoms with Gasteiger partial charge in [-0.3, -0.25) is 4.79 Å². The van der Waals surface area contributed by atoms with E-state index in [0.29, 0.717) is 26.1 Å². The van der Waals surface area contributed by atoms with Gasteiger partial charge in [0.05, 0.1) is 13.0 Å². The first-order chi connectivity index (χ1) is 14.1. The molecule has 0 bridgehead atoms. The van der Waals surface area contributed by atoms with Crippen LogP contribution in [0, 0.1) is 12.8 Å². The van der Waals surface area contributed by atoms with Gasteiger partial charge >= 0.3 is 6.03 Å². The molecule has 6 nitrogen and oxygen atoms in total. The first kappa shape index (κ1) is 20.7. The van der Waals surface area contributed by atoms with Gasteiger partial charge in [0.1, 0.15) is 5.75 Å². The van der Waals surface area contributed by atoms with E-state index in [1.54, 1.807) is 12.0 Å². The summed E-state index contributed by atoms with van der Waals surface area (Å²) in [5, 5.41) is 5.92. The van der Waals surface area contributed by atoms with E-state index in [1.165, 1.54) is 5.56 Å². The summed E-state index contributed by atoms with van der Waals surface area (Å²) < 4.78 is 5.40. The maximum atomic E-state index is 12.6. The highest BCUT2D eigenvalue weighted by Crippen LogP contribution is 2.21. The smallest absolute Gasteiger partial charge is 0.321 e. The van der Waals surface area contributed by atoms with Crippen molar-refractivity contribution >= 4 is 17.6 Å². The molecule has 1 atom stereocenters. The van der Waals surface area contributed by atoms with Crippen molar-refractivity contribution < 1.29 is 14.3 Å². The van der Waals surface area contributed by atoms with E-state index in [-0.39, 0.29) is 17.9 Å². The summed E-state index contributed by atoms with van der Waals surface area (Å²) in [6, 6.07) is 15.3. The molecule has 0 spiro atoms. The number of anilines is 1. The van der Waals surface area contributed by atoms with Crippen LogP contribution in [-0.2, 0) is 11.2 Å². The molecule has 0 aliphatic carbocycles. The number of urea groups is 1. The van der Waals surface area contributed by atoms with E-state index >= 15 is 0 Å². The number of carbonyl (C=O) groups excluding carboxylic acids is 2. The second-order valence-corrected chi connectivity index (χ2v) is 7.44. The van der Waals surface area contributed by atoms with Gasteiger partial charge in [-0.2, -0.15) is 0 Å². The zero-order valence-corrected chi connectivity index (χ0v) is 17.1. The Balaban J connectivity index is 1.49. The maximum Gasteiger partial charge on any atom is 0.321 e. The van der Waals surface area contributed by atoms with Crippen LogP contribution in [0.1, 0.15) is 24.0 Å². The topological polar surface area (TPSA) is 70.7 Å². The minimum Gasteiger partial charge on any atom is -0.496 e. The number of rotatable bonds is 6. The lowest BCUT2D eigenvalue weighted by atomic mass is 9.97. The summed E-state index contributed by atoms with van der Waals surface area (Å²) >= 11 is 0. The average Bonchev–Trinajstić information content (AvgIpc) is 2.74. The molecule has 2 aromatic carbocycles. The number of likely N-dealkylation sites (tertiary alicyclic amines) is 1. The third kappa shape index (κ3) is 5.73. The third-order valence-corrected chi connectivity index (χ3v) is 5.23. The van der Waals surface area contributed by atoms with Crippen LogP contribution < -0.4 is 15.4 Å². The van der Waals surface area contributed by atoms with Crippen LogP contribution >= 0.6 is 0 Å². The van der Waals surface area contributed by atoms with Crippen molar-refractivity contribution in [2.75, 3.05) is 32.1 Å². The number of piperidine rings is 1. The number of hydrogen-bond donors (Lipinski definition) is 2. The summed E-state index contributed by atoms with van der Waals surface area (Å²) in [4.78, 5) is 26.9. The van der Waals surface area contributed by atoms with E-state index in [4.69, 9.17) is 4.74 Å². The Morgan fingerprint density at radius 1 is 1.17 bits per heavy atom. The molecule has 3 rings (SSSR count). The molecule has 154 valence electrons. The zero-order chi connectivity index (χ0) is 20.6. The summed E-state index contributed by atoms with van der Waals surface area (Å²) in [6.07, 6.45) is 2.34. The lowest BCUT2D eigenvalue weighted by molar-refractivity contribution is -0.126. The molecule has 0 saturated carbocycles. The molecule has 6 heteroatoms. The van der Waals surface area contributed by atoms with Gasteiger partial charge in [0.15, 0.2) is 0 Å². The molecule has 1 aliphatic heterocycles. The molecule has 1 heterocycles. The highest BCUT2D eigenvalue weighted by Gasteiger charge is 2.28. The lowest BCUT2D eigenvalue weighted by Crippen LogP contribution is -2.47. The Kier molecular flexibility index (Phi) is 7.11. The Morgan fingerprint density at radius 3 is 2.72 bits per heavy atom. The molecule has 0 aromatic heterocycles. The van der Waals surface area contributed by atoms with Crippen molar-refractivity contribution in [2.24, 2.45) is 5.92 Å². The molecule has 0 unspecified atom stereocenters. The minimum absolute atomic E-state index is 0.00818. The first-order valence-electron chi connectivity index (χ1n) is 10.1. The first-order valence-corrected chi connectivity index (χ1v) is 10.1. The SMILES string of the molecule is COc1ccc(C)cc1CCNC(=O)[C@@H]1CCCN(C(=O)Nc2ccccc2)C1. The largest absolute Gasteiger partial charge is 0.496 e. The minimum atomic E-state index is -0.176. The average molecular weight is 396 g/mol. The van der Waals surface area contributed by atoms with Crippen LogP contribution in [0.4, 0.5) is 10.5 Å². The van der Waals surface area contributed by atoms with E-state index in [9.17, 15) is 9.59 Å². The van der Waals surface area contributed by atoms with Crippen LogP contribution in [0.15, 0.2) is 48.5 Å². The van der Waals surface area contributed by atoms with Crippen molar-refractivity contribution in [1.82, 2.24) is 10.2 Å². The van der Waals surface area contributed by atoms with Gasteiger partial charge in [0.25, 0.3) is 0 Å². The fourth-order valence-corrected chi connectivity index (χ4v) is 3.67. The van der Waals surface area contributed by atoms with Crippen LogP contribution in [0.3, 0.4) is 0 Å². The van der Waals surface area contributed by atoms with Gasteiger partial charge in [-0.05, 0) is 49.9 Å². The number of para-hydroxylation sites is 1. The molecular weight excluding hydrogens is 366 g/mol. The molecule has 2 N–H and O–H groups in total. The number of benzene rings is 2. The molecule has 1 saturated heterocycles. The molecule has 1 fully saturated rings. The molecular formula is C23H29N3O3. The second kappa shape index (κ2) is 9.96. The van der Waals surface area contributed by atoms with Gasteiger partial charge in [0, 0.05) is 25.3 Å². The van der Waals surface area contributed by atoms with Gasteiger partial charge in [-0.15, -0.1) is 0 Å². The van der Waals surface area contributed by atoms with E-state index in [2.05, 4.69) is 16.7 Å². The standard InChI is InChI=1S/C23H29N3O3/c1-17-10-11-21(29-2)18(15-17)12-13-24-22(27)19-7-6-14-26(16-19)23(28)25-20-8-4-3-5-9-20/h3-5,8-11,15,19H,6-7,12-14,16H2,1-2H3,(H,24,27)(H,25,28)/t19-/m1/s1. The summed E-state index contributed by atoms with van der Waals surface area (Å²) in [5.41, 5.74) is 3.01. The predicted molar refractivity (Wildman–Crippen MR) is 114 cm³/mol. The van der Waals surface area contributed by atoms with Crippen molar-refractivity contribution in [3.63, 3.8) is 0 Å². The maximum absolute atomic E-state index is 12.6. The fourth-order valence-electron chi connectivity index (χ4n) is 3.67. The van der Waals surface area contributed by atoms with Crippen molar-refractivity contribution in [3.8, 4) is 5.75 Å². The Hall–Kier alpha value is -3.02. The van der Waals surface area contributed by atoms with Crippen LogP contribution in [-0.4, -0.2) is 43.6 Å². The number of aryl methyl sites for hydroxylation is 1. The zero-order valence-electron chi connectivity index (χ0n) is 17.1. The number of methoxy groups -OCH3 is 1. The monoisotopic (exact) mass is 395 g/mol. The molecule has 2 aromatic rings. The van der Waals surface area contributed by atoms with E-state index < -0.39 is 0 Å². The van der Waals surface area contributed by atoms with Crippen molar-refractivity contribution in [1.29, 1.82) is 0 Å². The van der Waals surface area contributed by atoms with Gasteiger partial charge in [-0.1, -0.05) is 35.9 Å². The third-order valence-electron chi connectivity index (χ3n) is 5.23. The van der Waals surface area contributed by atoms with Gasteiger partial charge in [-0.25, -0.2) is 4.79 Å². The number of amides is 3. The van der Waals surface area contributed by atoms with Crippen molar-refractivity contribution in [3.05, 3.63) is 59.7 Å². The highest BCUT2D eigenvalue weighted by atomic mass is 16.5. The Morgan fingerprint density at radius 2 is 1.97 bits per heavy atom. The van der Waals surface area contributed by atoms with E-state index in [0.717, 1.165) is 29.8 Å². The number of nitrogens with one attached hydrogen (secondary N) is 2. The quantitative estimate of drug-likeness (QED) is 0.785. The van der Waals surface area contributed by atoms with Gasteiger partial charge < -0.3 is 20.3 Å². The van der Waals surface area contributed by atoms with Crippen molar-refractivity contribution in [2.45, 2.75) is 26.2 Å². The van der Waals surface area contributed by atoms with Crippen LogP contribution in [0.25, 0.3) is 0 Å². The lowest BCUT2D eigenvalue weighted by Gasteiger charge is -2.32. The Bertz CT molecular complexity index is 839. The number of ether oxygens (including phenoxy) is 1. The summed E-state index contributed by atoms with van der Waals surface area (Å²) in [6.45, 7) is 3.70. The Labute approximate surface area is 172 Å². The fraction of sp³-hybridized carbons (Fsp3) is 0.391. The number of carbonyl (C=O) groups is 2. The number of hydrogen-bond acceptors (Lipinski definition) is 3. The molecule has 3 amide bonds. The normalized spacial score (nSPS) is 16.2. The summed E-state index contributed by atoms with van der Waals surface area (Å²) in [5.74, 6) is 0.671. The predicted octanol–water partition coefficient (Wildman–Crippen LogP) is 3.61.